The minimum Gasteiger partial charge on any atom is -0.477 e. The summed E-state index contributed by atoms with van der Waals surface area (Å²) < 4.78 is 0. The van der Waals surface area contributed by atoms with Crippen LogP contribution < -0.4 is 5.32 Å². The molecule has 1 unspecified atom stereocenters. The van der Waals surface area contributed by atoms with Crippen LogP contribution in [0.3, 0.4) is 0 Å². The average Bonchev–Trinajstić information content (AvgIpc) is 2.79. The van der Waals surface area contributed by atoms with Crippen molar-refractivity contribution in [3.63, 3.8) is 0 Å². The number of nitrogens with one attached hydrogen (secondary N) is 1. The van der Waals surface area contributed by atoms with Gasteiger partial charge in [-0.3, -0.25) is 4.90 Å². The Morgan fingerprint density at radius 2 is 2.39 bits per heavy atom. The quantitative estimate of drug-likeness (QED) is 0.830. The molecular formula is C11H18N4O2S. The van der Waals surface area contributed by atoms with Gasteiger partial charge in [0.2, 0.25) is 0 Å². The number of anilines is 1. The Hall–Kier alpha value is -1.18. The minimum atomic E-state index is -0.921. The molecule has 7 heteroatoms. The number of piperazine rings is 1. The van der Waals surface area contributed by atoms with E-state index in [0.717, 1.165) is 26.2 Å². The van der Waals surface area contributed by atoms with Gasteiger partial charge in [0.05, 0.1) is 6.20 Å². The fourth-order valence-electron chi connectivity index (χ4n) is 1.98. The van der Waals surface area contributed by atoms with Crippen LogP contribution in [-0.2, 0) is 0 Å². The molecule has 0 bridgehead atoms. The zero-order chi connectivity index (χ0) is 13.1. The van der Waals surface area contributed by atoms with E-state index in [9.17, 15) is 4.79 Å². The number of nitrogens with zero attached hydrogens (tertiary/aromatic N) is 3. The average molecular weight is 270 g/mol. The smallest absolute Gasteiger partial charge is 0.347 e. The van der Waals surface area contributed by atoms with E-state index in [0.29, 0.717) is 11.2 Å². The largest absolute Gasteiger partial charge is 0.477 e. The summed E-state index contributed by atoms with van der Waals surface area (Å²) in [6.45, 7) is 3.95. The second-order valence-corrected chi connectivity index (χ2v) is 5.64. The molecule has 2 heterocycles. The van der Waals surface area contributed by atoms with Gasteiger partial charge in [-0.05, 0) is 14.1 Å². The summed E-state index contributed by atoms with van der Waals surface area (Å²) in [5, 5.41) is 12.7. The lowest BCUT2D eigenvalue weighted by molar-refractivity contribution is 0.0702. The summed E-state index contributed by atoms with van der Waals surface area (Å²) >= 11 is 1.18. The number of hydrogen-bond acceptors (Lipinski definition) is 6. The van der Waals surface area contributed by atoms with E-state index in [2.05, 4.69) is 34.2 Å². The monoisotopic (exact) mass is 270 g/mol. The van der Waals surface area contributed by atoms with E-state index in [1.807, 2.05) is 0 Å². The van der Waals surface area contributed by atoms with E-state index in [1.54, 1.807) is 0 Å². The lowest BCUT2D eigenvalue weighted by atomic mass is 10.2. The van der Waals surface area contributed by atoms with Gasteiger partial charge in [0.1, 0.15) is 4.88 Å². The number of likely N-dealkylation sites (N-methyl/N-ethyl adjacent to an activating group) is 2. The molecule has 18 heavy (non-hydrogen) atoms. The summed E-state index contributed by atoms with van der Waals surface area (Å²) in [7, 11) is 4.23. The highest BCUT2D eigenvalue weighted by molar-refractivity contribution is 7.17. The molecule has 6 nitrogen and oxygen atoms in total. The van der Waals surface area contributed by atoms with Gasteiger partial charge in [0, 0.05) is 32.2 Å². The Morgan fingerprint density at radius 3 is 3.06 bits per heavy atom. The van der Waals surface area contributed by atoms with E-state index >= 15 is 0 Å². The van der Waals surface area contributed by atoms with Gasteiger partial charge in [0.25, 0.3) is 0 Å². The number of carbonyl (C=O) groups is 1. The molecule has 0 aromatic carbocycles. The Balaban J connectivity index is 1.88. The molecule has 2 N–H and O–H groups in total. The molecule has 1 aromatic rings. The summed E-state index contributed by atoms with van der Waals surface area (Å²) in [6.07, 6.45) is 1.39. The molecule has 1 aliphatic heterocycles. The minimum absolute atomic E-state index is 0.270. The first-order chi connectivity index (χ1) is 8.56. The number of thiazole rings is 1. The van der Waals surface area contributed by atoms with Crippen LogP contribution in [0.4, 0.5) is 5.13 Å². The Bertz CT molecular complexity index is 423. The Kier molecular flexibility index (Phi) is 4.15. The van der Waals surface area contributed by atoms with Gasteiger partial charge in [0.15, 0.2) is 5.13 Å². The Morgan fingerprint density at radius 1 is 1.61 bits per heavy atom. The van der Waals surface area contributed by atoms with Crippen molar-refractivity contribution >= 4 is 22.4 Å². The molecule has 0 spiro atoms. The number of aromatic nitrogens is 1. The van der Waals surface area contributed by atoms with E-state index in [-0.39, 0.29) is 4.88 Å². The van der Waals surface area contributed by atoms with Crippen molar-refractivity contribution in [2.24, 2.45) is 0 Å². The van der Waals surface area contributed by atoms with Crippen molar-refractivity contribution in [2.75, 3.05) is 45.6 Å². The molecule has 1 fully saturated rings. The number of carboxylic acids is 1. The fourth-order valence-corrected chi connectivity index (χ4v) is 2.64. The van der Waals surface area contributed by atoms with Crippen molar-refractivity contribution in [1.29, 1.82) is 0 Å². The summed E-state index contributed by atoms with van der Waals surface area (Å²) in [5.74, 6) is -0.921. The second-order valence-electron chi connectivity index (χ2n) is 4.61. The highest BCUT2D eigenvalue weighted by atomic mass is 32.1. The topological polar surface area (TPSA) is 68.7 Å². The van der Waals surface area contributed by atoms with Crippen LogP contribution in [0.1, 0.15) is 9.67 Å². The van der Waals surface area contributed by atoms with Gasteiger partial charge in [-0.1, -0.05) is 11.3 Å². The molecule has 1 saturated heterocycles. The number of carboxylic acid groups (broad SMARTS) is 1. The van der Waals surface area contributed by atoms with Crippen LogP contribution in [0.15, 0.2) is 6.20 Å². The van der Waals surface area contributed by atoms with Gasteiger partial charge in [-0.2, -0.15) is 0 Å². The number of hydrogen-bond donors (Lipinski definition) is 2. The van der Waals surface area contributed by atoms with Crippen molar-refractivity contribution in [3.05, 3.63) is 11.1 Å². The third-order valence-electron chi connectivity index (χ3n) is 3.19. The lowest BCUT2D eigenvalue weighted by Gasteiger charge is -2.37. The first-order valence-corrected chi connectivity index (χ1v) is 6.69. The van der Waals surface area contributed by atoms with Crippen LogP contribution in [0.25, 0.3) is 0 Å². The molecule has 1 atom stereocenters. The molecule has 1 aliphatic rings. The predicted octanol–water partition coefficient (Wildman–Crippen LogP) is 0.499. The predicted molar refractivity (Wildman–Crippen MR) is 71.5 cm³/mol. The normalized spacial score (nSPS) is 22.0. The first-order valence-electron chi connectivity index (χ1n) is 5.88. The van der Waals surface area contributed by atoms with Crippen molar-refractivity contribution < 1.29 is 9.90 Å². The van der Waals surface area contributed by atoms with Crippen molar-refractivity contribution in [2.45, 2.75) is 6.04 Å². The van der Waals surface area contributed by atoms with Crippen LogP contribution >= 0.6 is 11.3 Å². The third kappa shape index (κ3) is 3.18. The van der Waals surface area contributed by atoms with Crippen LogP contribution in [0.2, 0.25) is 0 Å². The van der Waals surface area contributed by atoms with Crippen LogP contribution in [0, 0.1) is 0 Å². The highest BCUT2D eigenvalue weighted by Crippen LogP contribution is 2.18. The summed E-state index contributed by atoms with van der Waals surface area (Å²) in [4.78, 5) is 19.7. The van der Waals surface area contributed by atoms with Gasteiger partial charge < -0.3 is 15.3 Å². The maximum atomic E-state index is 10.7. The molecule has 0 saturated carbocycles. The van der Waals surface area contributed by atoms with E-state index in [4.69, 9.17) is 5.11 Å². The zero-order valence-corrected chi connectivity index (χ0v) is 11.4. The maximum absolute atomic E-state index is 10.7. The number of aromatic carboxylic acids is 1. The first kappa shape index (κ1) is 13.3. The summed E-state index contributed by atoms with van der Waals surface area (Å²) in [6, 6.07) is 0.431. The van der Waals surface area contributed by atoms with E-state index in [1.165, 1.54) is 17.5 Å². The second kappa shape index (κ2) is 5.64. The van der Waals surface area contributed by atoms with Crippen LogP contribution in [-0.4, -0.2) is 72.2 Å². The molecule has 1 aromatic heterocycles. The standard InChI is InChI=1S/C11H18N4O2S/c1-14-3-4-15(2)8(7-14)5-12-11-13-6-9(18-11)10(16)17/h6,8H,3-5,7H2,1-2H3,(H,12,13)(H,16,17). The van der Waals surface area contributed by atoms with E-state index < -0.39 is 5.97 Å². The maximum Gasteiger partial charge on any atom is 0.347 e. The molecule has 0 radical (unpaired) electrons. The molecule has 100 valence electrons. The van der Waals surface area contributed by atoms with Crippen molar-refractivity contribution in [1.82, 2.24) is 14.8 Å². The zero-order valence-electron chi connectivity index (χ0n) is 10.6. The Labute approximate surface area is 110 Å². The molecule has 0 aliphatic carbocycles. The van der Waals surface area contributed by atoms with Gasteiger partial charge in [-0.25, -0.2) is 9.78 Å². The SMILES string of the molecule is CN1CCN(C)C(CNc2ncc(C(=O)O)s2)C1. The fraction of sp³-hybridized carbons (Fsp3) is 0.636. The van der Waals surface area contributed by atoms with Crippen LogP contribution in [0.5, 0.6) is 0 Å². The third-order valence-corrected chi connectivity index (χ3v) is 4.13. The molecular weight excluding hydrogens is 252 g/mol. The lowest BCUT2D eigenvalue weighted by Crippen LogP contribution is -2.52. The highest BCUT2D eigenvalue weighted by Gasteiger charge is 2.22. The molecule has 2 rings (SSSR count). The van der Waals surface area contributed by atoms with Crippen molar-refractivity contribution in [3.8, 4) is 0 Å². The summed E-state index contributed by atoms with van der Waals surface area (Å²) in [5.41, 5.74) is 0. The van der Waals surface area contributed by atoms with Gasteiger partial charge >= 0.3 is 5.97 Å². The number of rotatable bonds is 4. The molecule has 0 amide bonds. The van der Waals surface area contributed by atoms with Gasteiger partial charge in [-0.15, -0.1) is 0 Å².